The molecular formula is C65H75N5O13S3. The van der Waals surface area contributed by atoms with Crippen molar-refractivity contribution in [2.45, 2.75) is 116 Å². The predicted octanol–water partition coefficient (Wildman–Crippen LogP) is 9.42. The summed E-state index contributed by atoms with van der Waals surface area (Å²) in [6, 6.07) is 31.0. The molecule has 5 aromatic rings. The summed E-state index contributed by atoms with van der Waals surface area (Å²) in [5, 5.41) is 2.84. The molecule has 5 aliphatic rings. The van der Waals surface area contributed by atoms with E-state index in [1.165, 1.54) is 23.3 Å². The van der Waals surface area contributed by atoms with Gasteiger partial charge < -0.3 is 43.7 Å². The van der Waals surface area contributed by atoms with Crippen molar-refractivity contribution in [3.63, 3.8) is 0 Å². The Morgan fingerprint density at radius 2 is 1.27 bits per heavy atom. The number of ether oxygens (including phenoxy) is 5. The number of hydrogen-bond donors (Lipinski definition) is 1. The van der Waals surface area contributed by atoms with Crippen LogP contribution in [0.5, 0.6) is 17.2 Å². The van der Waals surface area contributed by atoms with Gasteiger partial charge >= 0.3 is 10.6 Å². The molecule has 0 aromatic heterocycles. The second-order valence-corrected chi connectivity index (χ2v) is 26.1. The van der Waals surface area contributed by atoms with E-state index in [9.17, 15) is 24.0 Å². The number of amides is 5. The zero-order valence-corrected chi connectivity index (χ0v) is 51.9. The third kappa shape index (κ3) is 15.9. The van der Waals surface area contributed by atoms with Gasteiger partial charge in [0.15, 0.2) is 11.5 Å². The lowest BCUT2D eigenvalue weighted by molar-refractivity contribution is -0.137. The number of nitrogens with zero attached hydrogens (tertiary/aromatic N) is 4. The van der Waals surface area contributed by atoms with Crippen molar-refractivity contribution in [2.24, 2.45) is 0 Å². The highest BCUT2D eigenvalue weighted by Gasteiger charge is 2.39. The molecule has 5 amide bonds. The van der Waals surface area contributed by atoms with E-state index in [4.69, 9.17) is 36.3 Å². The fourth-order valence-electron chi connectivity index (χ4n) is 11.8. The molecule has 18 nitrogen and oxygen atoms in total. The number of carbonyl (C=O) groups excluding carboxylic acids is 5. The first-order chi connectivity index (χ1) is 41.5. The molecule has 21 heteroatoms. The Morgan fingerprint density at radius 1 is 0.709 bits per heavy atom. The third-order valence-electron chi connectivity index (χ3n) is 15.8. The summed E-state index contributed by atoms with van der Waals surface area (Å²) in [4.78, 5) is 72.6. The third-order valence-corrected chi connectivity index (χ3v) is 19.1. The average Bonchev–Trinajstić information content (AvgIpc) is 1.74. The zero-order chi connectivity index (χ0) is 60.9. The minimum absolute atomic E-state index is 0.0191. The van der Waals surface area contributed by atoms with Crippen LogP contribution in [0.2, 0.25) is 0 Å². The molecule has 0 fully saturated rings. The predicted molar refractivity (Wildman–Crippen MR) is 333 cm³/mol. The number of nitrogens with one attached hydrogen (secondary N) is 1. The molecule has 10 rings (SSSR count). The number of carbonyl (C=O) groups is 5. The Bertz CT molecular complexity index is 3440. The van der Waals surface area contributed by atoms with Gasteiger partial charge in [0, 0.05) is 102 Å². The van der Waals surface area contributed by atoms with Crippen LogP contribution in [0.4, 0.5) is 17.1 Å². The normalized spacial score (nSPS) is 16.5. The molecule has 0 aliphatic carbocycles. The number of hydrogen-bond acceptors (Lipinski definition) is 16. The smallest absolute Gasteiger partial charge is 0.425 e. The lowest BCUT2D eigenvalue weighted by Gasteiger charge is -2.34. The van der Waals surface area contributed by atoms with Crippen LogP contribution in [0.1, 0.15) is 113 Å². The number of rotatable bonds is 27. The summed E-state index contributed by atoms with van der Waals surface area (Å²) in [6.45, 7) is 12.8. The van der Waals surface area contributed by atoms with Crippen molar-refractivity contribution >= 4 is 78.8 Å². The van der Waals surface area contributed by atoms with Gasteiger partial charge in [0.25, 0.3) is 23.6 Å². The van der Waals surface area contributed by atoms with Crippen LogP contribution < -0.4 is 34.2 Å². The molecule has 456 valence electrons. The molecular weight excluding hydrogens is 1150 g/mol. The maximum atomic E-state index is 14.3. The van der Waals surface area contributed by atoms with Gasteiger partial charge in [0.2, 0.25) is 5.91 Å². The second-order valence-electron chi connectivity index (χ2n) is 22.6. The molecule has 2 atom stereocenters. The molecule has 0 radical (unpaired) electrons. The van der Waals surface area contributed by atoms with Crippen LogP contribution in [0.25, 0.3) is 0 Å². The Hall–Kier alpha value is -7.17. The summed E-state index contributed by atoms with van der Waals surface area (Å²) in [7, 11) is 2.00. The zero-order valence-electron chi connectivity index (χ0n) is 49.4. The van der Waals surface area contributed by atoms with Crippen LogP contribution in [-0.4, -0.2) is 129 Å². The Kier molecular flexibility index (Phi) is 21.7. The molecule has 0 unspecified atom stereocenters. The Morgan fingerprint density at radius 3 is 1.86 bits per heavy atom. The first-order valence-corrected chi connectivity index (χ1v) is 32.7. The van der Waals surface area contributed by atoms with Crippen molar-refractivity contribution in [2.75, 3.05) is 80.2 Å². The molecule has 1 N–H and O–H groups in total. The number of anilines is 3. The van der Waals surface area contributed by atoms with Gasteiger partial charge in [-0.15, -0.1) is 12.6 Å². The van der Waals surface area contributed by atoms with Crippen molar-refractivity contribution in [1.82, 2.24) is 10.2 Å². The number of methoxy groups -OCH3 is 1. The lowest BCUT2D eigenvalue weighted by Crippen LogP contribution is -2.38. The molecule has 5 aromatic carbocycles. The van der Waals surface area contributed by atoms with E-state index in [1.807, 2.05) is 65.3 Å². The molecule has 0 spiro atoms. The molecule has 5 aliphatic heterocycles. The quantitative estimate of drug-likeness (QED) is 0.0295. The molecule has 0 saturated carbocycles. The van der Waals surface area contributed by atoms with E-state index in [-0.39, 0.29) is 72.7 Å². The minimum Gasteiger partial charge on any atom is -0.493 e. The maximum Gasteiger partial charge on any atom is 0.425 e. The number of para-hydroxylation sites is 2. The van der Waals surface area contributed by atoms with Crippen LogP contribution >= 0.6 is 21.6 Å². The molecule has 0 bridgehead atoms. The van der Waals surface area contributed by atoms with Crippen molar-refractivity contribution < 1.29 is 60.3 Å². The van der Waals surface area contributed by atoms with Gasteiger partial charge in [-0.3, -0.25) is 28.9 Å². The maximum absolute atomic E-state index is 14.3. The molecule has 0 saturated heterocycles. The summed E-state index contributed by atoms with van der Waals surface area (Å²) >= 11 is 0. The van der Waals surface area contributed by atoms with E-state index in [1.54, 1.807) is 28.7 Å². The van der Waals surface area contributed by atoms with Crippen LogP contribution in [-0.2, 0) is 73.4 Å². The summed E-state index contributed by atoms with van der Waals surface area (Å²) in [6.07, 6.45) is 9.31. The number of benzene rings is 5. The van der Waals surface area contributed by atoms with Gasteiger partial charge in [-0.05, 0) is 166 Å². The number of imide groups is 1. The first-order valence-electron chi connectivity index (χ1n) is 29.3. The monoisotopic (exact) mass is 1230 g/mol. The summed E-state index contributed by atoms with van der Waals surface area (Å²) in [5.74, 6) is 1.72. The fourth-order valence-corrected chi connectivity index (χ4v) is 14.4. The van der Waals surface area contributed by atoms with E-state index in [0.29, 0.717) is 69.4 Å². The first kappa shape index (κ1) is 63.3. The highest BCUT2D eigenvalue weighted by Crippen LogP contribution is 2.43. The van der Waals surface area contributed by atoms with Gasteiger partial charge in [-0.2, -0.15) is 0 Å². The summed E-state index contributed by atoms with van der Waals surface area (Å²) < 4.78 is 56.5. The standard InChI is InChI=1S/C65H75N5O10S2.O3S/c1-6-26-77-28-29-78-27-25-67(42-65(3,4)82-81-30-11-16-60(71)66-23-24-68-61(72)21-22-62(68)73)52-33-44(40-79-57-37-46-17-19-50-35-48-12-7-9-14-55(48)69(50)63(74)53(46)31-43(57)2)32-45(34-52)41-80-59-38-47-18-20-51-36-49-13-8-10-15-56(49)70(51)64(75)54(47)39-58(59)76-5;1-4(2)3/h7-10,12-15,21-22,31-34,37-39,50-51H,6,11,16-20,23-30,35-36,40-42H2,1-5H3,(H,66,71);/t50-,51-;/m1./s1. The van der Waals surface area contributed by atoms with Crippen molar-refractivity contribution in [3.8, 4) is 17.2 Å². The highest BCUT2D eigenvalue weighted by atomic mass is 33.1. The fraction of sp³-hybridized carbons (Fsp3) is 0.431. The largest absolute Gasteiger partial charge is 0.493 e. The topological polar surface area (TPSA) is 208 Å². The molecule has 86 heavy (non-hydrogen) atoms. The number of aryl methyl sites for hydroxylation is 3. The van der Waals surface area contributed by atoms with E-state index in [2.05, 4.69) is 73.5 Å². The van der Waals surface area contributed by atoms with Crippen LogP contribution in [0, 0.1) is 6.92 Å². The van der Waals surface area contributed by atoms with E-state index in [0.717, 1.165) is 112 Å². The van der Waals surface area contributed by atoms with Crippen molar-refractivity contribution in [3.05, 3.63) is 153 Å². The van der Waals surface area contributed by atoms with E-state index < -0.39 is 10.6 Å². The van der Waals surface area contributed by atoms with Crippen molar-refractivity contribution in [1.29, 1.82) is 0 Å². The summed E-state index contributed by atoms with van der Waals surface area (Å²) in [5.41, 5.74) is 11.4. The minimum atomic E-state index is -3.11. The molecule has 5 heterocycles. The van der Waals surface area contributed by atoms with Gasteiger partial charge in [-0.25, -0.2) is 0 Å². The van der Waals surface area contributed by atoms with E-state index >= 15 is 0 Å². The van der Waals surface area contributed by atoms with Gasteiger partial charge in [0.1, 0.15) is 19.0 Å². The lowest BCUT2D eigenvalue weighted by atomic mass is 9.98. The van der Waals surface area contributed by atoms with Crippen LogP contribution in [0.15, 0.2) is 103 Å². The Balaban J connectivity index is 0.00000214. The van der Waals surface area contributed by atoms with Crippen LogP contribution in [0.3, 0.4) is 0 Å². The second kappa shape index (κ2) is 29.5. The average molecular weight is 1230 g/mol. The van der Waals surface area contributed by atoms with Gasteiger partial charge in [0.05, 0.1) is 26.9 Å². The highest BCUT2D eigenvalue weighted by molar-refractivity contribution is 8.77. The number of fused-ring (bicyclic) bond motifs is 8. The Labute approximate surface area is 512 Å². The SMILES string of the molecule is CCCOCCOCCN(CC(C)(C)SSCCCC(=O)NCCN1C(=O)C=CC1=O)c1cc(COc2cc3c(cc2C)C(=O)N2c4ccccc4C[C@H]2CC3)cc(COc2cc3c(cc2OC)C(=O)N2c4ccccc4C[C@H]2CC3)c1.O=S(=O)=O. The van der Waals surface area contributed by atoms with Gasteiger partial charge in [-0.1, -0.05) is 64.9 Å².